The van der Waals surface area contributed by atoms with E-state index in [1.165, 1.54) is 35.2 Å². The molecule has 3 aliphatic rings. The van der Waals surface area contributed by atoms with Crippen molar-refractivity contribution in [2.24, 2.45) is 11.8 Å². The zero-order valence-corrected chi connectivity index (χ0v) is 28.5. The highest BCUT2D eigenvalue weighted by Crippen LogP contribution is 2.46. The van der Waals surface area contributed by atoms with E-state index in [4.69, 9.17) is 21.3 Å². The normalized spacial score (nSPS) is 20.3. The molecule has 0 N–H and O–H groups in total. The Bertz CT molecular complexity index is 1220. The first kappa shape index (κ1) is 32.4. The molecule has 9 heteroatoms. The molecule has 0 spiro atoms. The number of aryl methyl sites for hydroxylation is 2. The van der Waals surface area contributed by atoms with Crippen LogP contribution in [0.25, 0.3) is 0 Å². The molecule has 6 nitrogen and oxygen atoms in total. The first-order valence-electron chi connectivity index (χ1n) is 14.7. The van der Waals surface area contributed by atoms with E-state index in [1.54, 1.807) is 4.90 Å². The molecular weight excluding hydrogens is 670 g/mol. The molecule has 0 bridgehead atoms. The Labute approximate surface area is 266 Å². The molecule has 2 aromatic rings. The number of halogens is 3. The minimum Gasteiger partial charge on any atom is -0.444 e. The number of fused-ring (bicyclic) bond motifs is 2. The monoisotopic (exact) mass is 709 g/mol. The number of likely N-dealkylation sites (tertiary alicyclic amines) is 2. The number of pyridine rings is 1. The summed E-state index contributed by atoms with van der Waals surface area (Å²) in [5.74, 6) is 1.41. The van der Waals surface area contributed by atoms with Crippen LogP contribution >= 0.6 is 43.5 Å². The molecule has 2 aliphatic heterocycles. The van der Waals surface area contributed by atoms with Crippen LogP contribution < -0.4 is 0 Å². The molecule has 224 valence electrons. The Morgan fingerprint density at radius 2 is 1.71 bits per heavy atom. The highest BCUT2D eigenvalue weighted by molar-refractivity contribution is 9.10. The second-order valence-electron chi connectivity index (χ2n) is 12.6. The molecule has 1 amide bonds. The fraction of sp³-hybridized carbons (Fsp3) is 0.594. The fourth-order valence-corrected chi connectivity index (χ4v) is 7.71. The third kappa shape index (κ3) is 8.77. The zero-order valence-electron chi connectivity index (χ0n) is 24.6. The molecule has 41 heavy (non-hydrogen) atoms. The van der Waals surface area contributed by atoms with Gasteiger partial charge in [0.15, 0.2) is 0 Å². The first-order chi connectivity index (χ1) is 19.4. The quantitative estimate of drug-likeness (QED) is 0.302. The van der Waals surface area contributed by atoms with E-state index in [0.717, 1.165) is 59.0 Å². The van der Waals surface area contributed by atoms with Crippen molar-refractivity contribution in [3.63, 3.8) is 0 Å². The van der Waals surface area contributed by atoms with Crippen molar-refractivity contribution < 1.29 is 14.3 Å². The van der Waals surface area contributed by atoms with E-state index in [0.29, 0.717) is 37.3 Å². The highest BCUT2D eigenvalue weighted by Gasteiger charge is 2.35. The second-order valence-corrected chi connectivity index (χ2v) is 14.8. The summed E-state index contributed by atoms with van der Waals surface area (Å²) in [5, 5.41) is 0.813. The third-order valence-electron chi connectivity index (χ3n) is 8.35. The summed E-state index contributed by atoms with van der Waals surface area (Å²) in [5.41, 5.74) is 4.98. The molecule has 1 aromatic carbocycles. The van der Waals surface area contributed by atoms with Crippen molar-refractivity contribution in [2.75, 3.05) is 33.2 Å². The predicted octanol–water partition coefficient (Wildman–Crippen LogP) is 8.05. The summed E-state index contributed by atoms with van der Waals surface area (Å²) in [7, 11) is 2.22. The van der Waals surface area contributed by atoms with Gasteiger partial charge in [-0.2, -0.15) is 0 Å². The van der Waals surface area contributed by atoms with Gasteiger partial charge in [0, 0.05) is 45.6 Å². The average molecular weight is 712 g/mol. The summed E-state index contributed by atoms with van der Waals surface area (Å²) in [6.45, 7) is 9.32. The van der Waals surface area contributed by atoms with Gasteiger partial charge in [-0.1, -0.05) is 27.5 Å². The van der Waals surface area contributed by atoms with Crippen LogP contribution in [0.5, 0.6) is 0 Å². The number of rotatable bonds is 3. The number of hydrogen-bond donors (Lipinski definition) is 0. The summed E-state index contributed by atoms with van der Waals surface area (Å²) >= 11 is 13.8. The van der Waals surface area contributed by atoms with E-state index in [-0.39, 0.29) is 6.09 Å². The molecule has 0 saturated carbocycles. The Morgan fingerprint density at radius 1 is 1.05 bits per heavy atom. The van der Waals surface area contributed by atoms with Crippen molar-refractivity contribution in [1.29, 1.82) is 0 Å². The summed E-state index contributed by atoms with van der Waals surface area (Å²) in [6.07, 6.45) is 9.56. The van der Waals surface area contributed by atoms with Crippen LogP contribution in [-0.4, -0.2) is 66.0 Å². The molecule has 1 aromatic heterocycles. The SMILES string of the molecule is CC(C)(C)OC(=O)N1CCC(CC=O)CC1.CN1CCC([C@H]2c3ncc(Br)cc3CCc3cc(Cl)cc(Br)c32)CC1. The molecular formula is C32H42Br2ClN3O3. The molecule has 2 saturated heterocycles. The van der Waals surface area contributed by atoms with Gasteiger partial charge in [-0.05, 0) is 142 Å². The van der Waals surface area contributed by atoms with Crippen LogP contribution in [0.3, 0.4) is 0 Å². The lowest BCUT2D eigenvalue weighted by Gasteiger charge is -2.35. The molecule has 3 heterocycles. The van der Waals surface area contributed by atoms with Gasteiger partial charge in [-0.25, -0.2) is 4.79 Å². The third-order valence-corrected chi connectivity index (χ3v) is 9.66. The lowest BCUT2D eigenvalue weighted by atomic mass is 9.76. The number of aldehydes is 1. The van der Waals surface area contributed by atoms with Crippen molar-refractivity contribution in [3.8, 4) is 0 Å². The number of aromatic nitrogens is 1. The van der Waals surface area contributed by atoms with Crippen LogP contribution in [-0.2, 0) is 22.4 Å². The Morgan fingerprint density at radius 3 is 2.34 bits per heavy atom. The van der Waals surface area contributed by atoms with Gasteiger partial charge < -0.3 is 19.3 Å². The smallest absolute Gasteiger partial charge is 0.410 e. The van der Waals surface area contributed by atoms with Crippen LogP contribution in [0.15, 0.2) is 33.3 Å². The number of carbonyl (C=O) groups excluding carboxylic acids is 2. The highest BCUT2D eigenvalue weighted by atomic mass is 79.9. The van der Waals surface area contributed by atoms with Crippen molar-refractivity contribution in [2.45, 2.75) is 77.2 Å². The van der Waals surface area contributed by atoms with Crippen molar-refractivity contribution >= 4 is 55.8 Å². The van der Waals surface area contributed by atoms with Gasteiger partial charge >= 0.3 is 6.09 Å². The molecule has 0 radical (unpaired) electrons. The Balaban J connectivity index is 0.000000210. The summed E-state index contributed by atoms with van der Waals surface area (Å²) in [4.78, 5) is 31.1. The minimum absolute atomic E-state index is 0.239. The number of hydrogen-bond acceptors (Lipinski definition) is 5. The molecule has 2 fully saturated rings. The lowest BCUT2D eigenvalue weighted by Crippen LogP contribution is -2.41. The standard InChI is InChI=1S/C20H21Br2ClN2.C12H21NO3/c1-25-6-4-12(5-7-25)19-18-13(9-16(23)10-17(18)22)2-3-14-8-15(21)11-24-20(14)19;1-12(2,3)16-11(15)13-7-4-10(5-8-13)6-9-14/h8-12,19H,2-7H2,1H3;9-10H,4-8H2,1-3H3/t19-;/m1./s1. The van der Waals surface area contributed by atoms with E-state index in [1.807, 2.05) is 33.0 Å². The largest absolute Gasteiger partial charge is 0.444 e. The van der Waals surface area contributed by atoms with Gasteiger partial charge in [-0.15, -0.1) is 0 Å². The molecule has 5 rings (SSSR count). The Hall–Kier alpha value is -1.48. The van der Waals surface area contributed by atoms with Crippen molar-refractivity contribution in [3.05, 3.63) is 60.7 Å². The molecule has 1 atom stereocenters. The second kappa shape index (κ2) is 14.3. The number of piperidine rings is 2. The number of amides is 1. The van der Waals surface area contributed by atoms with E-state index in [2.05, 4.69) is 55.9 Å². The minimum atomic E-state index is -0.434. The van der Waals surface area contributed by atoms with Crippen LogP contribution in [0.2, 0.25) is 5.02 Å². The maximum Gasteiger partial charge on any atom is 0.410 e. The van der Waals surface area contributed by atoms with E-state index >= 15 is 0 Å². The van der Waals surface area contributed by atoms with Gasteiger partial charge in [0.05, 0.1) is 5.69 Å². The van der Waals surface area contributed by atoms with Crippen molar-refractivity contribution in [1.82, 2.24) is 14.8 Å². The van der Waals surface area contributed by atoms with Gasteiger partial charge in [0.2, 0.25) is 0 Å². The Kier molecular flexibility index (Phi) is 11.3. The number of carbonyl (C=O) groups is 2. The van der Waals surface area contributed by atoms with Crippen LogP contribution in [0, 0.1) is 11.8 Å². The van der Waals surface area contributed by atoms with Gasteiger partial charge in [0.25, 0.3) is 0 Å². The van der Waals surface area contributed by atoms with E-state index in [9.17, 15) is 9.59 Å². The number of nitrogens with zero attached hydrogens (tertiary/aromatic N) is 3. The maximum atomic E-state index is 11.7. The van der Waals surface area contributed by atoms with Crippen LogP contribution in [0.1, 0.15) is 81.2 Å². The lowest BCUT2D eigenvalue weighted by molar-refractivity contribution is -0.108. The topological polar surface area (TPSA) is 62.7 Å². The summed E-state index contributed by atoms with van der Waals surface area (Å²) < 4.78 is 7.49. The maximum absolute atomic E-state index is 11.7. The van der Waals surface area contributed by atoms with Gasteiger partial charge in [-0.3, -0.25) is 4.98 Å². The number of ether oxygens (including phenoxy) is 1. The van der Waals surface area contributed by atoms with Gasteiger partial charge in [0.1, 0.15) is 11.9 Å². The predicted molar refractivity (Wildman–Crippen MR) is 172 cm³/mol. The number of benzene rings is 1. The zero-order chi connectivity index (χ0) is 29.7. The fourth-order valence-electron chi connectivity index (χ4n) is 6.21. The molecule has 1 aliphatic carbocycles. The van der Waals surface area contributed by atoms with E-state index < -0.39 is 5.60 Å². The van der Waals surface area contributed by atoms with Crippen LogP contribution in [0.4, 0.5) is 4.79 Å². The summed E-state index contributed by atoms with van der Waals surface area (Å²) in [6, 6.07) is 6.46. The molecule has 0 unspecified atom stereocenters. The first-order valence-corrected chi connectivity index (χ1v) is 16.6. The average Bonchev–Trinajstić information content (AvgIpc) is 3.06.